The summed E-state index contributed by atoms with van der Waals surface area (Å²) in [5.41, 5.74) is 4.16. The van der Waals surface area contributed by atoms with Crippen molar-refractivity contribution in [2.75, 3.05) is 20.2 Å². The zero-order valence-corrected chi connectivity index (χ0v) is 16.0. The quantitative estimate of drug-likeness (QED) is 0.680. The van der Waals surface area contributed by atoms with Gasteiger partial charge in [-0.15, -0.1) is 0 Å². The van der Waals surface area contributed by atoms with E-state index in [1.807, 2.05) is 44.4 Å². The first-order valence-electron chi connectivity index (χ1n) is 8.92. The van der Waals surface area contributed by atoms with Gasteiger partial charge < -0.3 is 9.30 Å². The summed E-state index contributed by atoms with van der Waals surface area (Å²) in [6.07, 6.45) is 0. The maximum absolute atomic E-state index is 12.6. The highest BCUT2D eigenvalue weighted by molar-refractivity contribution is 5.79. The molecule has 0 aliphatic carbocycles. The predicted molar refractivity (Wildman–Crippen MR) is 107 cm³/mol. The van der Waals surface area contributed by atoms with Gasteiger partial charge >= 0.3 is 0 Å². The fourth-order valence-corrected chi connectivity index (χ4v) is 3.15. The van der Waals surface area contributed by atoms with Crippen molar-refractivity contribution in [1.82, 2.24) is 9.47 Å². The molecule has 3 aromatic rings. The number of fused-ring (bicyclic) bond motifs is 1. The molecule has 1 aromatic heterocycles. The van der Waals surface area contributed by atoms with Crippen molar-refractivity contribution in [2.45, 2.75) is 20.4 Å². The van der Waals surface area contributed by atoms with Gasteiger partial charge in [-0.05, 0) is 55.6 Å². The van der Waals surface area contributed by atoms with Crippen molar-refractivity contribution in [3.05, 3.63) is 75.6 Å². The van der Waals surface area contributed by atoms with Crippen molar-refractivity contribution < 1.29 is 4.74 Å². The summed E-state index contributed by atoms with van der Waals surface area (Å²) < 4.78 is 7.65. The third-order valence-electron chi connectivity index (χ3n) is 4.72. The summed E-state index contributed by atoms with van der Waals surface area (Å²) >= 11 is 0. The highest BCUT2D eigenvalue weighted by Crippen LogP contribution is 2.19. The number of pyridine rings is 1. The van der Waals surface area contributed by atoms with Crippen LogP contribution in [0.1, 0.15) is 16.7 Å². The molecule has 0 aliphatic heterocycles. The van der Waals surface area contributed by atoms with Crippen LogP contribution in [0.2, 0.25) is 0 Å². The highest BCUT2D eigenvalue weighted by atomic mass is 16.5. The van der Waals surface area contributed by atoms with Gasteiger partial charge in [0.15, 0.2) is 0 Å². The Balaban J connectivity index is 1.66. The summed E-state index contributed by atoms with van der Waals surface area (Å²) in [5, 5.41) is 1.09. The lowest BCUT2D eigenvalue weighted by atomic mass is 10.1. The molecule has 0 unspecified atom stereocenters. The van der Waals surface area contributed by atoms with E-state index in [0.29, 0.717) is 13.2 Å². The second-order valence-electron chi connectivity index (χ2n) is 6.95. The van der Waals surface area contributed by atoms with Gasteiger partial charge in [-0.3, -0.25) is 9.69 Å². The molecule has 0 aliphatic rings. The Kier molecular flexibility index (Phi) is 5.43. The molecule has 4 nitrogen and oxygen atoms in total. The number of likely N-dealkylation sites (N-methyl/N-ethyl adjacent to an activating group) is 1. The van der Waals surface area contributed by atoms with Crippen LogP contribution in [-0.4, -0.2) is 29.7 Å². The summed E-state index contributed by atoms with van der Waals surface area (Å²) in [5.74, 6) is 0.931. The zero-order valence-electron chi connectivity index (χ0n) is 16.0. The minimum absolute atomic E-state index is 0.0611. The number of hydrogen-bond donors (Lipinski definition) is 0. The minimum Gasteiger partial charge on any atom is -0.492 e. The number of rotatable bonds is 6. The third-order valence-corrected chi connectivity index (χ3v) is 4.72. The number of para-hydroxylation sites is 1. The van der Waals surface area contributed by atoms with E-state index in [9.17, 15) is 4.79 Å². The topological polar surface area (TPSA) is 34.5 Å². The minimum atomic E-state index is 0.0611. The van der Waals surface area contributed by atoms with Gasteiger partial charge in [-0.25, -0.2) is 0 Å². The van der Waals surface area contributed by atoms with Crippen LogP contribution in [0.3, 0.4) is 0 Å². The fraction of sp³-hybridized carbons (Fsp3) is 0.318. The van der Waals surface area contributed by atoms with Gasteiger partial charge in [0, 0.05) is 25.7 Å². The van der Waals surface area contributed by atoms with Crippen LogP contribution in [0.4, 0.5) is 0 Å². The number of aryl methyl sites for hydroxylation is 3. The van der Waals surface area contributed by atoms with Crippen molar-refractivity contribution in [3.8, 4) is 5.75 Å². The van der Waals surface area contributed by atoms with E-state index < -0.39 is 0 Å². The average Bonchev–Trinajstić information content (AvgIpc) is 2.62. The maximum atomic E-state index is 12.6. The summed E-state index contributed by atoms with van der Waals surface area (Å²) in [7, 11) is 3.85. The number of benzene rings is 2. The normalized spacial score (nSPS) is 11.3. The van der Waals surface area contributed by atoms with E-state index in [1.54, 1.807) is 4.57 Å². The second kappa shape index (κ2) is 7.75. The van der Waals surface area contributed by atoms with Crippen molar-refractivity contribution in [1.29, 1.82) is 0 Å². The smallest absolute Gasteiger partial charge is 0.255 e. The Hall–Kier alpha value is -2.59. The Morgan fingerprint density at radius 3 is 2.65 bits per heavy atom. The van der Waals surface area contributed by atoms with Crippen LogP contribution in [0.5, 0.6) is 5.75 Å². The Bertz CT molecular complexity index is 976. The van der Waals surface area contributed by atoms with E-state index in [2.05, 4.69) is 36.9 Å². The third kappa shape index (κ3) is 3.97. The molecule has 0 saturated heterocycles. The van der Waals surface area contributed by atoms with Crippen LogP contribution < -0.4 is 10.3 Å². The molecule has 0 bridgehead atoms. The molecule has 0 N–H and O–H groups in total. The molecule has 0 atom stereocenters. The van der Waals surface area contributed by atoms with Crippen molar-refractivity contribution >= 4 is 10.9 Å². The molecule has 3 rings (SSSR count). The van der Waals surface area contributed by atoms with Gasteiger partial charge in [0.25, 0.3) is 5.56 Å². The number of hydrogen-bond acceptors (Lipinski definition) is 3. The van der Waals surface area contributed by atoms with Crippen LogP contribution in [0.25, 0.3) is 10.9 Å². The molecule has 2 aromatic carbocycles. The fourth-order valence-electron chi connectivity index (χ4n) is 3.15. The average molecular weight is 350 g/mol. The molecule has 0 fully saturated rings. The molecular formula is C22H26N2O2. The van der Waals surface area contributed by atoms with Crippen molar-refractivity contribution in [3.63, 3.8) is 0 Å². The Morgan fingerprint density at radius 1 is 1.08 bits per heavy atom. The molecule has 1 heterocycles. The molecule has 0 saturated carbocycles. The Morgan fingerprint density at radius 2 is 1.85 bits per heavy atom. The van der Waals surface area contributed by atoms with E-state index >= 15 is 0 Å². The first-order valence-corrected chi connectivity index (χ1v) is 8.92. The summed E-state index contributed by atoms with van der Waals surface area (Å²) in [4.78, 5) is 14.7. The van der Waals surface area contributed by atoms with Gasteiger partial charge in [-0.1, -0.05) is 30.3 Å². The van der Waals surface area contributed by atoms with Gasteiger partial charge in [0.05, 0.1) is 5.52 Å². The molecule has 0 radical (unpaired) electrons. The molecule has 0 spiro atoms. The monoisotopic (exact) mass is 350 g/mol. The van der Waals surface area contributed by atoms with E-state index in [-0.39, 0.29) is 5.56 Å². The van der Waals surface area contributed by atoms with Crippen LogP contribution in [0, 0.1) is 13.8 Å². The molecular weight excluding hydrogens is 324 g/mol. The molecule has 4 heteroatoms. The van der Waals surface area contributed by atoms with E-state index in [1.165, 1.54) is 5.56 Å². The Labute approximate surface area is 154 Å². The molecule has 136 valence electrons. The SMILES string of the molecule is Cc1ccc(C)c(OCCN(C)Cc2cc3ccccc3n(C)c2=O)c1. The largest absolute Gasteiger partial charge is 0.492 e. The number of ether oxygens (including phenoxy) is 1. The number of nitrogens with zero attached hydrogens (tertiary/aromatic N) is 2. The first kappa shape index (κ1) is 18.2. The van der Waals surface area contributed by atoms with E-state index in [4.69, 9.17) is 4.74 Å². The van der Waals surface area contributed by atoms with Crippen LogP contribution >= 0.6 is 0 Å². The zero-order chi connectivity index (χ0) is 18.7. The summed E-state index contributed by atoms with van der Waals surface area (Å²) in [6.45, 7) is 6.07. The lowest BCUT2D eigenvalue weighted by Crippen LogP contribution is -2.29. The summed E-state index contributed by atoms with van der Waals surface area (Å²) in [6, 6.07) is 16.2. The molecule has 26 heavy (non-hydrogen) atoms. The van der Waals surface area contributed by atoms with E-state index in [0.717, 1.165) is 34.3 Å². The standard InChI is InChI=1S/C22H26N2O2/c1-16-9-10-17(2)21(13-16)26-12-11-23(3)15-19-14-18-7-5-6-8-20(18)24(4)22(19)25/h5-10,13-14H,11-12,15H2,1-4H3. The molecule has 0 amide bonds. The lowest BCUT2D eigenvalue weighted by molar-refractivity contribution is 0.231. The van der Waals surface area contributed by atoms with Gasteiger partial charge in [0.1, 0.15) is 12.4 Å². The lowest BCUT2D eigenvalue weighted by Gasteiger charge is -2.18. The van der Waals surface area contributed by atoms with Crippen LogP contribution in [-0.2, 0) is 13.6 Å². The predicted octanol–water partition coefficient (Wildman–Crippen LogP) is 3.67. The number of aromatic nitrogens is 1. The maximum Gasteiger partial charge on any atom is 0.255 e. The van der Waals surface area contributed by atoms with Gasteiger partial charge in [0.2, 0.25) is 0 Å². The second-order valence-corrected chi connectivity index (χ2v) is 6.95. The van der Waals surface area contributed by atoms with Crippen molar-refractivity contribution in [2.24, 2.45) is 7.05 Å². The highest BCUT2D eigenvalue weighted by Gasteiger charge is 2.09. The first-order chi connectivity index (χ1) is 12.5. The van der Waals surface area contributed by atoms with Gasteiger partial charge in [-0.2, -0.15) is 0 Å². The van der Waals surface area contributed by atoms with Crippen LogP contribution in [0.15, 0.2) is 53.3 Å².